The Morgan fingerprint density at radius 3 is 1.48 bits per heavy atom. The van der Waals surface area contributed by atoms with E-state index in [1.807, 2.05) is 6.29 Å². The van der Waals surface area contributed by atoms with Crippen LogP contribution in [-0.2, 0) is 14.3 Å². The topological polar surface area (TPSA) is 43.4 Å². The molecule has 0 aliphatic rings. The van der Waals surface area contributed by atoms with Crippen LogP contribution >= 0.6 is 0 Å². The van der Waals surface area contributed by atoms with Gasteiger partial charge in [0.1, 0.15) is 0 Å². The molecule has 1 radical (unpaired) electrons. The van der Waals surface area contributed by atoms with E-state index in [4.69, 9.17) is 0 Å². The lowest BCUT2D eigenvalue weighted by Gasteiger charge is -2.03. The van der Waals surface area contributed by atoms with Gasteiger partial charge >= 0.3 is 5.97 Å². The van der Waals surface area contributed by atoms with Gasteiger partial charge in [-0.3, -0.25) is 9.59 Å². The molecule has 0 aromatic carbocycles. The lowest BCUT2D eigenvalue weighted by atomic mass is 10.0. The third-order valence-electron chi connectivity index (χ3n) is 3.89. The number of rotatable bonds is 16. The molecular formula is C18H33O3. The molecule has 0 aliphatic heterocycles. The predicted octanol–water partition coefficient (Wildman–Crippen LogP) is 5.12. The van der Waals surface area contributed by atoms with E-state index in [0.29, 0.717) is 12.8 Å². The molecule has 0 atom stereocenters. The molecule has 0 spiro atoms. The molecule has 0 saturated carbocycles. The van der Waals surface area contributed by atoms with Gasteiger partial charge in [0.15, 0.2) is 6.29 Å². The van der Waals surface area contributed by atoms with E-state index in [1.165, 1.54) is 71.3 Å². The molecule has 0 aromatic rings. The minimum Gasteiger partial charge on any atom is -0.469 e. The van der Waals surface area contributed by atoms with Crippen LogP contribution in [0.5, 0.6) is 0 Å². The Morgan fingerprint density at radius 2 is 1.10 bits per heavy atom. The van der Waals surface area contributed by atoms with Gasteiger partial charge < -0.3 is 4.74 Å². The molecule has 0 N–H and O–H groups in total. The molecule has 0 saturated heterocycles. The van der Waals surface area contributed by atoms with E-state index in [0.717, 1.165) is 19.3 Å². The number of carbonyl (C=O) groups is 1. The lowest BCUT2D eigenvalue weighted by Crippen LogP contribution is -1.99. The number of methoxy groups -OCH3 is 1. The van der Waals surface area contributed by atoms with Crippen LogP contribution in [-0.4, -0.2) is 19.4 Å². The maximum Gasteiger partial charge on any atom is 0.305 e. The fourth-order valence-electron chi connectivity index (χ4n) is 2.51. The van der Waals surface area contributed by atoms with E-state index in [1.54, 1.807) is 0 Å². The zero-order valence-corrected chi connectivity index (χ0v) is 13.8. The first-order chi connectivity index (χ1) is 10.3. The zero-order valence-electron chi connectivity index (χ0n) is 13.8. The summed E-state index contributed by atoms with van der Waals surface area (Å²) in [5.41, 5.74) is 0. The van der Waals surface area contributed by atoms with E-state index >= 15 is 0 Å². The molecule has 0 aromatic heterocycles. The molecule has 0 amide bonds. The van der Waals surface area contributed by atoms with Crippen LogP contribution in [0.25, 0.3) is 0 Å². The Labute approximate surface area is 130 Å². The fourth-order valence-corrected chi connectivity index (χ4v) is 2.51. The maximum atomic E-state index is 10.9. The van der Waals surface area contributed by atoms with Crippen molar-refractivity contribution in [3.8, 4) is 0 Å². The molecule has 3 heteroatoms. The normalized spacial score (nSPS) is 10.5. The van der Waals surface area contributed by atoms with Crippen molar-refractivity contribution in [3.05, 3.63) is 0 Å². The van der Waals surface area contributed by atoms with Crippen molar-refractivity contribution in [2.24, 2.45) is 0 Å². The van der Waals surface area contributed by atoms with Crippen LogP contribution in [0.15, 0.2) is 0 Å². The Bertz CT molecular complexity index is 239. The van der Waals surface area contributed by atoms with Gasteiger partial charge in [-0.1, -0.05) is 70.6 Å². The standard InChI is InChI=1S/C18H33O3/c1-21-18(20)16-14-12-10-8-6-4-2-3-5-7-9-11-13-15-17-19/h2-16H2,1H3. The van der Waals surface area contributed by atoms with Crippen molar-refractivity contribution in [3.63, 3.8) is 0 Å². The summed E-state index contributed by atoms with van der Waals surface area (Å²) in [4.78, 5) is 20.9. The number of hydrogen-bond acceptors (Lipinski definition) is 3. The summed E-state index contributed by atoms with van der Waals surface area (Å²) in [6.07, 6.45) is 19.3. The number of unbranched alkanes of at least 4 members (excludes halogenated alkanes) is 13. The van der Waals surface area contributed by atoms with Crippen LogP contribution in [0.2, 0.25) is 0 Å². The lowest BCUT2D eigenvalue weighted by molar-refractivity contribution is -0.140. The molecule has 0 fully saturated rings. The predicted molar refractivity (Wildman–Crippen MR) is 87.0 cm³/mol. The molecule has 21 heavy (non-hydrogen) atoms. The molecule has 0 unspecified atom stereocenters. The molecule has 0 aliphatic carbocycles. The van der Waals surface area contributed by atoms with Crippen LogP contribution in [0, 0.1) is 0 Å². The number of ether oxygens (including phenoxy) is 1. The summed E-state index contributed by atoms with van der Waals surface area (Å²) in [5.74, 6) is -0.0840. The minimum absolute atomic E-state index is 0.0840. The average Bonchev–Trinajstić information content (AvgIpc) is 2.50. The first-order valence-electron chi connectivity index (χ1n) is 8.73. The molecule has 123 valence electrons. The Kier molecular flexibility index (Phi) is 16.5. The summed E-state index contributed by atoms with van der Waals surface area (Å²) >= 11 is 0. The van der Waals surface area contributed by atoms with Gasteiger partial charge in [0, 0.05) is 12.8 Å². The SMILES string of the molecule is COC(=O)CCCCCCCCCCCCCCC[C]=O. The van der Waals surface area contributed by atoms with Crippen molar-refractivity contribution < 1.29 is 14.3 Å². The van der Waals surface area contributed by atoms with Gasteiger partial charge in [-0.05, 0) is 12.8 Å². The third kappa shape index (κ3) is 17.1. The smallest absolute Gasteiger partial charge is 0.305 e. The van der Waals surface area contributed by atoms with E-state index < -0.39 is 0 Å². The zero-order chi connectivity index (χ0) is 15.6. The van der Waals surface area contributed by atoms with E-state index in [2.05, 4.69) is 4.74 Å². The van der Waals surface area contributed by atoms with Gasteiger partial charge in [0.2, 0.25) is 0 Å². The van der Waals surface area contributed by atoms with E-state index in [9.17, 15) is 9.59 Å². The Hall–Kier alpha value is -0.860. The molecule has 0 heterocycles. The monoisotopic (exact) mass is 297 g/mol. The average molecular weight is 297 g/mol. The first-order valence-corrected chi connectivity index (χ1v) is 8.73. The van der Waals surface area contributed by atoms with Crippen LogP contribution in [0.1, 0.15) is 96.3 Å². The molecular weight excluding hydrogens is 264 g/mol. The first kappa shape index (κ1) is 20.1. The highest BCUT2D eigenvalue weighted by molar-refractivity contribution is 5.68. The van der Waals surface area contributed by atoms with Crippen LogP contribution in [0.4, 0.5) is 0 Å². The number of carbonyl (C=O) groups excluding carboxylic acids is 2. The summed E-state index contributed by atoms with van der Waals surface area (Å²) in [6, 6.07) is 0. The van der Waals surface area contributed by atoms with Crippen molar-refractivity contribution in [2.45, 2.75) is 96.3 Å². The second-order valence-corrected chi connectivity index (χ2v) is 5.82. The third-order valence-corrected chi connectivity index (χ3v) is 3.89. The molecule has 0 rings (SSSR count). The van der Waals surface area contributed by atoms with Crippen LogP contribution < -0.4 is 0 Å². The summed E-state index contributed by atoms with van der Waals surface area (Å²) < 4.78 is 4.61. The molecule has 3 nitrogen and oxygen atoms in total. The second-order valence-electron chi connectivity index (χ2n) is 5.82. The highest BCUT2D eigenvalue weighted by atomic mass is 16.5. The highest BCUT2D eigenvalue weighted by Crippen LogP contribution is 2.13. The van der Waals surface area contributed by atoms with Gasteiger partial charge in [-0.15, -0.1) is 0 Å². The second kappa shape index (κ2) is 17.2. The van der Waals surface area contributed by atoms with Gasteiger partial charge in [-0.25, -0.2) is 0 Å². The van der Waals surface area contributed by atoms with Gasteiger partial charge in [0.05, 0.1) is 7.11 Å². The highest BCUT2D eigenvalue weighted by Gasteiger charge is 1.99. The summed E-state index contributed by atoms with van der Waals surface area (Å²) in [5, 5.41) is 0. The summed E-state index contributed by atoms with van der Waals surface area (Å²) in [7, 11) is 1.45. The minimum atomic E-state index is -0.0840. The quantitative estimate of drug-likeness (QED) is 0.293. The largest absolute Gasteiger partial charge is 0.469 e. The number of esters is 1. The Morgan fingerprint density at radius 1 is 0.714 bits per heavy atom. The van der Waals surface area contributed by atoms with Gasteiger partial charge in [0.25, 0.3) is 0 Å². The van der Waals surface area contributed by atoms with Crippen molar-refractivity contribution in [1.29, 1.82) is 0 Å². The Balaban J connectivity index is 2.99. The summed E-state index contributed by atoms with van der Waals surface area (Å²) in [6.45, 7) is 0. The van der Waals surface area contributed by atoms with E-state index in [-0.39, 0.29) is 5.97 Å². The molecule has 0 bridgehead atoms. The number of hydrogen-bond donors (Lipinski definition) is 0. The fraction of sp³-hybridized carbons (Fsp3) is 0.889. The van der Waals surface area contributed by atoms with Crippen molar-refractivity contribution >= 4 is 12.3 Å². The van der Waals surface area contributed by atoms with Crippen molar-refractivity contribution in [2.75, 3.05) is 7.11 Å². The van der Waals surface area contributed by atoms with Crippen molar-refractivity contribution in [1.82, 2.24) is 0 Å². The maximum absolute atomic E-state index is 10.9. The van der Waals surface area contributed by atoms with Crippen LogP contribution in [0.3, 0.4) is 0 Å². The van der Waals surface area contributed by atoms with Gasteiger partial charge in [-0.2, -0.15) is 0 Å².